The number of phenols is 1. The molecule has 0 bridgehead atoms. The Morgan fingerprint density at radius 1 is 1.19 bits per heavy atom. The number of hydrogen-bond donors (Lipinski definition) is 3. The number of carbonyl (C=O) groups is 1. The molecule has 5 heteroatoms. The highest BCUT2D eigenvalue weighted by Gasteiger charge is 2.28. The van der Waals surface area contributed by atoms with Gasteiger partial charge in [-0.15, -0.1) is 0 Å². The van der Waals surface area contributed by atoms with Crippen molar-refractivity contribution in [3.05, 3.63) is 65.2 Å². The van der Waals surface area contributed by atoms with E-state index >= 15 is 0 Å². The molecule has 0 aromatic heterocycles. The van der Waals surface area contributed by atoms with Gasteiger partial charge >= 0.3 is 0 Å². The van der Waals surface area contributed by atoms with Crippen LogP contribution >= 0.6 is 0 Å². The summed E-state index contributed by atoms with van der Waals surface area (Å²) >= 11 is 0. The lowest BCUT2D eigenvalue weighted by atomic mass is 9.99. The summed E-state index contributed by atoms with van der Waals surface area (Å²) in [6.07, 6.45) is 1.83. The molecule has 2 unspecified atom stereocenters. The number of phenolic OH excluding ortho intramolecular Hbond substituents is 1. The van der Waals surface area contributed by atoms with E-state index < -0.39 is 6.10 Å². The van der Waals surface area contributed by atoms with E-state index in [1.165, 1.54) is 5.56 Å². The first-order valence-corrected chi connectivity index (χ1v) is 9.44. The largest absolute Gasteiger partial charge is 0.508 e. The Labute approximate surface area is 160 Å². The highest BCUT2D eigenvalue weighted by Crippen LogP contribution is 2.30. The van der Waals surface area contributed by atoms with Gasteiger partial charge in [-0.2, -0.15) is 0 Å². The van der Waals surface area contributed by atoms with Gasteiger partial charge in [0.2, 0.25) is 5.91 Å². The number of nitrogens with one attached hydrogen (secondary N) is 1. The number of amides is 1. The molecule has 0 radical (unpaired) electrons. The van der Waals surface area contributed by atoms with E-state index in [0.29, 0.717) is 12.8 Å². The first kappa shape index (κ1) is 19.4. The molecule has 5 nitrogen and oxygen atoms in total. The average molecular weight is 368 g/mol. The number of hydrogen-bond acceptors (Lipinski definition) is 4. The van der Waals surface area contributed by atoms with Crippen LogP contribution in [0.2, 0.25) is 0 Å². The van der Waals surface area contributed by atoms with Crippen LogP contribution in [0, 0.1) is 0 Å². The number of rotatable bonds is 7. The summed E-state index contributed by atoms with van der Waals surface area (Å²) in [5.41, 5.74) is 3.49. The second-order valence-corrected chi connectivity index (χ2v) is 7.54. The van der Waals surface area contributed by atoms with Crippen LogP contribution in [0.3, 0.4) is 0 Å². The number of carbonyl (C=O) groups excluding carboxylic acids is 1. The maximum absolute atomic E-state index is 12.6. The van der Waals surface area contributed by atoms with Crippen LogP contribution in [-0.4, -0.2) is 47.3 Å². The van der Waals surface area contributed by atoms with E-state index in [0.717, 1.165) is 24.0 Å². The summed E-state index contributed by atoms with van der Waals surface area (Å²) in [5.74, 6) is -0.0781. The number of aliphatic hydroxyl groups excluding tert-OH is 1. The van der Waals surface area contributed by atoms with Crippen molar-refractivity contribution < 1.29 is 15.0 Å². The molecule has 0 aliphatic heterocycles. The van der Waals surface area contributed by atoms with Gasteiger partial charge in [0.05, 0.1) is 6.04 Å². The summed E-state index contributed by atoms with van der Waals surface area (Å²) in [6, 6.07) is 15.2. The van der Waals surface area contributed by atoms with Crippen LogP contribution in [0.5, 0.6) is 5.75 Å². The minimum Gasteiger partial charge on any atom is -0.508 e. The lowest BCUT2D eigenvalue weighted by Crippen LogP contribution is -2.41. The van der Waals surface area contributed by atoms with Crippen LogP contribution in [0.4, 0.5) is 0 Å². The summed E-state index contributed by atoms with van der Waals surface area (Å²) < 4.78 is 0. The smallest absolute Gasteiger partial charge is 0.249 e. The number of aryl methyl sites for hydroxylation is 1. The quantitative estimate of drug-likeness (QED) is 0.702. The van der Waals surface area contributed by atoms with E-state index in [-0.39, 0.29) is 23.7 Å². The SMILES string of the molecule is CN(C)[C@@H](Cc1ccc(O)cc1)CC(O)C(=O)NC1CCc2ccccc21. The molecule has 1 aliphatic rings. The molecular weight excluding hydrogens is 340 g/mol. The lowest BCUT2D eigenvalue weighted by Gasteiger charge is -2.27. The highest BCUT2D eigenvalue weighted by molar-refractivity contribution is 5.81. The normalized spacial score (nSPS) is 18.1. The molecule has 0 heterocycles. The number of aromatic hydroxyl groups is 1. The molecular formula is C22H28N2O3. The Hall–Kier alpha value is -2.37. The van der Waals surface area contributed by atoms with E-state index in [4.69, 9.17) is 0 Å². The number of likely N-dealkylation sites (N-methyl/N-ethyl adjacent to an activating group) is 1. The summed E-state index contributed by atoms with van der Waals surface area (Å²) in [6.45, 7) is 0. The number of fused-ring (bicyclic) bond motifs is 1. The van der Waals surface area contributed by atoms with Crippen molar-refractivity contribution in [1.82, 2.24) is 10.2 Å². The van der Waals surface area contributed by atoms with E-state index in [9.17, 15) is 15.0 Å². The molecule has 0 fully saturated rings. The predicted octanol–water partition coefficient (Wildman–Crippen LogP) is 2.42. The third-order valence-corrected chi connectivity index (χ3v) is 5.39. The van der Waals surface area contributed by atoms with Crippen molar-refractivity contribution in [2.45, 2.75) is 43.9 Å². The number of nitrogens with zero attached hydrogens (tertiary/aromatic N) is 1. The fourth-order valence-electron chi connectivity index (χ4n) is 3.72. The van der Waals surface area contributed by atoms with Crippen molar-refractivity contribution in [2.24, 2.45) is 0 Å². The van der Waals surface area contributed by atoms with Crippen LogP contribution < -0.4 is 5.32 Å². The van der Waals surface area contributed by atoms with Crippen molar-refractivity contribution in [1.29, 1.82) is 0 Å². The number of aliphatic hydroxyl groups is 1. The maximum atomic E-state index is 12.6. The minimum absolute atomic E-state index is 0.0155. The molecule has 1 aliphatic carbocycles. The van der Waals surface area contributed by atoms with Crippen molar-refractivity contribution in [3.8, 4) is 5.75 Å². The monoisotopic (exact) mass is 368 g/mol. The van der Waals surface area contributed by atoms with Crippen molar-refractivity contribution in [3.63, 3.8) is 0 Å². The molecule has 0 spiro atoms. The fourth-order valence-corrected chi connectivity index (χ4v) is 3.72. The summed E-state index contributed by atoms with van der Waals surface area (Å²) in [7, 11) is 3.89. The minimum atomic E-state index is -1.05. The molecule has 0 saturated carbocycles. The first-order chi connectivity index (χ1) is 12.9. The Balaban J connectivity index is 1.59. The molecule has 3 atom stereocenters. The fraction of sp³-hybridized carbons (Fsp3) is 0.409. The van der Waals surface area contributed by atoms with Gasteiger partial charge in [0.15, 0.2) is 0 Å². The van der Waals surface area contributed by atoms with Crippen molar-refractivity contribution >= 4 is 5.91 Å². The first-order valence-electron chi connectivity index (χ1n) is 9.44. The van der Waals surface area contributed by atoms with Crippen LogP contribution in [0.15, 0.2) is 48.5 Å². The Morgan fingerprint density at radius 2 is 1.89 bits per heavy atom. The highest BCUT2D eigenvalue weighted by atomic mass is 16.3. The van der Waals surface area contributed by atoms with Gasteiger partial charge in [0.25, 0.3) is 0 Å². The summed E-state index contributed by atoms with van der Waals surface area (Å²) in [5, 5.41) is 22.9. The van der Waals surface area contributed by atoms with Gasteiger partial charge in [0, 0.05) is 6.04 Å². The third kappa shape index (κ3) is 4.87. The Morgan fingerprint density at radius 3 is 2.59 bits per heavy atom. The van der Waals surface area contributed by atoms with Gasteiger partial charge in [-0.3, -0.25) is 4.79 Å². The van der Waals surface area contributed by atoms with Gasteiger partial charge in [-0.25, -0.2) is 0 Å². The molecule has 3 N–H and O–H groups in total. The topological polar surface area (TPSA) is 72.8 Å². The lowest BCUT2D eigenvalue weighted by molar-refractivity contribution is -0.131. The van der Waals surface area contributed by atoms with Crippen LogP contribution in [0.1, 0.15) is 35.6 Å². The second-order valence-electron chi connectivity index (χ2n) is 7.54. The number of benzene rings is 2. The van der Waals surface area contributed by atoms with Crippen LogP contribution in [-0.2, 0) is 17.6 Å². The van der Waals surface area contributed by atoms with Gasteiger partial charge < -0.3 is 20.4 Å². The third-order valence-electron chi connectivity index (χ3n) is 5.39. The van der Waals surface area contributed by atoms with E-state index in [1.54, 1.807) is 12.1 Å². The molecule has 27 heavy (non-hydrogen) atoms. The maximum Gasteiger partial charge on any atom is 0.249 e. The van der Waals surface area contributed by atoms with Gasteiger partial charge in [0.1, 0.15) is 11.9 Å². The Bertz CT molecular complexity index is 773. The second kappa shape index (κ2) is 8.55. The predicted molar refractivity (Wildman–Crippen MR) is 106 cm³/mol. The average Bonchev–Trinajstić information content (AvgIpc) is 3.05. The zero-order chi connectivity index (χ0) is 19.4. The molecule has 144 valence electrons. The zero-order valence-corrected chi connectivity index (χ0v) is 15.9. The van der Waals surface area contributed by atoms with E-state index in [2.05, 4.69) is 11.4 Å². The Kier molecular flexibility index (Phi) is 6.14. The van der Waals surface area contributed by atoms with Gasteiger partial charge in [-0.1, -0.05) is 36.4 Å². The molecule has 2 aromatic rings. The van der Waals surface area contributed by atoms with Crippen LogP contribution in [0.25, 0.3) is 0 Å². The van der Waals surface area contributed by atoms with Gasteiger partial charge in [-0.05, 0) is 68.6 Å². The van der Waals surface area contributed by atoms with Crippen molar-refractivity contribution in [2.75, 3.05) is 14.1 Å². The summed E-state index contributed by atoms with van der Waals surface area (Å²) in [4.78, 5) is 14.6. The van der Waals surface area contributed by atoms with E-state index in [1.807, 2.05) is 49.3 Å². The molecule has 3 rings (SSSR count). The standard InChI is InChI=1S/C22H28N2O3/c1-24(2)17(13-15-7-10-18(25)11-8-15)14-21(26)22(27)23-20-12-9-16-5-3-4-6-19(16)20/h3-8,10-11,17,20-21,25-26H,9,12-14H2,1-2H3,(H,23,27)/t17-,20?,21?/m0/s1. The molecule has 1 amide bonds. The molecule has 2 aromatic carbocycles. The zero-order valence-electron chi connectivity index (χ0n) is 15.9. The molecule has 0 saturated heterocycles.